The van der Waals surface area contributed by atoms with E-state index < -0.39 is 0 Å². The Morgan fingerprint density at radius 1 is 0.328 bits per heavy atom. The van der Waals surface area contributed by atoms with E-state index in [9.17, 15) is 0 Å². The van der Waals surface area contributed by atoms with E-state index in [2.05, 4.69) is 145 Å². The van der Waals surface area contributed by atoms with Crippen LogP contribution in [-0.4, -0.2) is 29.9 Å². The van der Waals surface area contributed by atoms with Gasteiger partial charge >= 0.3 is 0 Å². The van der Waals surface area contributed by atoms with E-state index in [0.717, 1.165) is 99.6 Å². The van der Waals surface area contributed by atoms with Crippen molar-refractivity contribution >= 4 is 32.6 Å². The largest absolute Gasteiger partial charge is 0.264 e. The highest BCUT2D eigenvalue weighted by Gasteiger charge is 2.16. The van der Waals surface area contributed by atoms with Gasteiger partial charge < -0.3 is 0 Å². The Kier molecular flexibility index (Phi) is 8.94. The summed E-state index contributed by atoms with van der Waals surface area (Å²) in [5.74, 6) is 1.85. The fraction of sp³-hybridized carbons (Fsp3) is 0.0182. The van der Waals surface area contributed by atoms with Gasteiger partial charge in [0.2, 0.25) is 0 Å². The summed E-state index contributed by atoms with van der Waals surface area (Å²) in [5.41, 5.74) is 14.2. The van der Waals surface area contributed by atoms with E-state index in [0.29, 0.717) is 17.5 Å². The van der Waals surface area contributed by atoms with Crippen molar-refractivity contribution in [3.8, 4) is 78.8 Å². The summed E-state index contributed by atoms with van der Waals surface area (Å²) in [4.78, 5) is 29.6. The van der Waals surface area contributed by atoms with Crippen molar-refractivity contribution in [1.82, 2.24) is 29.9 Å². The molecule has 0 fully saturated rings. The number of hydrogen-bond donors (Lipinski definition) is 0. The molecule has 0 saturated heterocycles. The Balaban J connectivity index is 0.924. The second-order valence-corrected chi connectivity index (χ2v) is 15.2. The van der Waals surface area contributed by atoms with Crippen molar-refractivity contribution in [3.05, 3.63) is 206 Å². The maximum Gasteiger partial charge on any atom is 0.164 e. The van der Waals surface area contributed by atoms with E-state index in [1.165, 1.54) is 0 Å². The van der Waals surface area contributed by atoms with Gasteiger partial charge in [0.1, 0.15) is 0 Å². The molecule has 11 aromatic rings. The first kappa shape index (κ1) is 35.9. The zero-order chi connectivity index (χ0) is 40.7. The van der Waals surface area contributed by atoms with Crippen molar-refractivity contribution < 1.29 is 0 Å². The standard InChI is InChI=1S/C55H36N6/c1-35-32-48(47-28-26-41-27-29-50(40-10-4-2-5-11-40)58-51(41)52(47)57-35)39-22-18-36(19-23-39)37-20-24-43(25-21-37)54-59-53(42-12-6-3-7-13-42)60-55(61-54)45-16-8-15-44(33-45)46-17-9-14-38-30-31-56-34-49(38)46/h2-34H,1H3. The molecule has 0 atom stereocenters. The van der Waals surface area contributed by atoms with Crippen LogP contribution >= 0.6 is 0 Å². The van der Waals surface area contributed by atoms with Gasteiger partial charge in [0, 0.05) is 56.5 Å². The molecule has 0 radical (unpaired) electrons. The number of fused-ring (bicyclic) bond motifs is 4. The molecular formula is C55H36N6. The summed E-state index contributed by atoms with van der Waals surface area (Å²) < 4.78 is 0. The van der Waals surface area contributed by atoms with Gasteiger partial charge in [-0.3, -0.25) is 9.97 Å². The van der Waals surface area contributed by atoms with Crippen molar-refractivity contribution in [2.45, 2.75) is 6.92 Å². The fourth-order valence-electron chi connectivity index (χ4n) is 8.20. The molecule has 0 saturated carbocycles. The number of aryl methyl sites for hydroxylation is 1. The summed E-state index contributed by atoms with van der Waals surface area (Å²) in [7, 11) is 0. The molecule has 0 bridgehead atoms. The average molecular weight is 781 g/mol. The Bertz CT molecular complexity index is 3400. The molecule has 61 heavy (non-hydrogen) atoms. The lowest BCUT2D eigenvalue weighted by Crippen LogP contribution is -2.00. The number of aromatic nitrogens is 6. The molecule has 4 heterocycles. The van der Waals surface area contributed by atoms with Crippen LogP contribution in [0.3, 0.4) is 0 Å². The molecule has 0 aliphatic rings. The van der Waals surface area contributed by atoms with Crippen LogP contribution in [-0.2, 0) is 0 Å². The van der Waals surface area contributed by atoms with Gasteiger partial charge in [0.15, 0.2) is 17.5 Å². The Labute approximate surface area is 353 Å². The molecule has 0 unspecified atom stereocenters. The highest BCUT2D eigenvalue weighted by Crippen LogP contribution is 2.36. The zero-order valence-electron chi connectivity index (χ0n) is 33.2. The van der Waals surface area contributed by atoms with Crippen molar-refractivity contribution in [1.29, 1.82) is 0 Å². The fourth-order valence-corrected chi connectivity index (χ4v) is 8.20. The maximum atomic E-state index is 5.12. The minimum Gasteiger partial charge on any atom is -0.264 e. The first-order valence-corrected chi connectivity index (χ1v) is 20.3. The van der Waals surface area contributed by atoms with Crippen LogP contribution < -0.4 is 0 Å². The van der Waals surface area contributed by atoms with E-state index in [1.807, 2.05) is 67.0 Å². The molecule has 286 valence electrons. The minimum absolute atomic E-state index is 0.614. The number of pyridine rings is 3. The molecule has 11 rings (SSSR count). The third kappa shape index (κ3) is 6.86. The third-order valence-electron chi connectivity index (χ3n) is 11.3. The molecule has 6 heteroatoms. The number of nitrogens with zero attached hydrogens (tertiary/aromatic N) is 6. The summed E-state index contributed by atoms with van der Waals surface area (Å²) in [6.45, 7) is 2.05. The van der Waals surface area contributed by atoms with Crippen molar-refractivity contribution in [3.63, 3.8) is 0 Å². The molecule has 0 amide bonds. The minimum atomic E-state index is 0.614. The number of hydrogen-bond acceptors (Lipinski definition) is 6. The van der Waals surface area contributed by atoms with E-state index in [1.54, 1.807) is 0 Å². The predicted molar refractivity (Wildman–Crippen MR) is 249 cm³/mol. The quantitative estimate of drug-likeness (QED) is 0.150. The molecule has 0 aliphatic heterocycles. The molecule has 4 aromatic heterocycles. The number of benzene rings is 7. The van der Waals surface area contributed by atoms with Crippen molar-refractivity contribution in [2.24, 2.45) is 0 Å². The van der Waals surface area contributed by atoms with Crippen LogP contribution in [0.4, 0.5) is 0 Å². The SMILES string of the molecule is Cc1cc(-c2ccc(-c3ccc(-c4nc(-c5ccccc5)nc(-c5cccc(-c6cccc7ccncc67)c5)n4)cc3)cc2)c2ccc3ccc(-c4ccccc4)nc3c2n1. The normalized spacial score (nSPS) is 11.4. The summed E-state index contributed by atoms with van der Waals surface area (Å²) in [6, 6.07) is 65.1. The Hall–Kier alpha value is -8.22. The third-order valence-corrected chi connectivity index (χ3v) is 11.3. The second-order valence-electron chi connectivity index (χ2n) is 15.2. The maximum absolute atomic E-state index is 5.12. The van der Waals surface area contributed by atoms with Gasteiger partial charge in [-0.25, -0.2) is 19.9 Å². The van der Waals surface area contributed by atoms with E-state index in [4.69, 9.17) is 24.9 Å². The molecule has 6 nitrogen and oxygen atoms in total. The van der Waals surface area contributed by atoms with Gasteiger partial charge in [-0.05, 0) is 70.0 Å². The summed E-state index contributed by atoms with van der Waals surface area (Å²) >= 11 is 0. The lowest BCUT2D eigenvalue weighted by molar-refractivity contribution is 1.07. The van der Waals surface area contributed by atoms with Crippen LogP contribution in [0, 0.1) is 6.92 Å². The van der Waals surface area contributed by atoms with Crippen LogP contribution in [0.15, 0.2) is 200 Å². The van der Waals surface area contributed by atoms with Gasteiger partial charge in [0.25, 0.3) is 0 Å². The van der Waals surface area contributed by atoms with Crippen LogP contribution in [0.2, 0.25) is 0 Å². The van der Waals surface area contributed by atoms with Crippen LogP contribution in [0.5, 0.6) is 0 Å². The summed E-state index contributed by atoms with van der Waals surface area (Å²) in [6.07, 6.45) is 3.75. The Morgan fingerprint density at radius 2 is 0.918 bits per heavy atom. The lowest BCUT2D eigenvalue weighted by atomic mass is 9.96. The Morgan fingerprint density at radius 3 is 1.66 bits per heavy atom. The highest BCUT2D eigenvalue weighted by atomic mass is 15.0. The van der Waals surface area contributed by atoms with E-state index in [-0.39, 0.29) is 0 Å². The van der Waals surface area contributed by atoms with Gasteiger partial charge in [-0.15, -0.1) is 0 Å². The molecule has 0 aliphatic carbocycles. The molecular weight excluding hydrogens is 745 g/mol. The summed E-state index contributed by atoms with van der Waals surface area (Å²) in [5, 5.41) is 4.40. The lowest BCUT2D eigenvalue weighted by Gasteiger charge is -2.12. The highest BCUT2D eigenvalue weighted by molar-refractivity contribution is 6.09. The molecule has 0 N–H and O–H groups in total. The zero-order valence-corrected chi connectivity index (χ0v) is 33.2. The second kappa shape index (κ2) is 15.2. The first-order valence-electron chi connectivity index (χ1n) is 20.3. The average Bonchev–Trinajstić information content (AvgIpc) is 3.34. The van der Waals surface area contributed by atoms with E-state index >= 15 is 0 Å². The van der Waals surface area contributed by atoms with Crippen LogP contribution in [0.1, 0.15) is 5.69 Å². The van der Waals surface area contributed by atoms with Crippen LogP contribution in [0.25, 0.3) is 111 Å². The molecule has 7 aromatic carbocycles. The van der Waals surface area contributed by atoms with Gasteiger partial charge in [0.05, 0.1) is 16.7 Å². The van der Waals surface area contributed by atoms with Gasteiger partial charge in [-0.1, -0.05) is 164 Å². The van der Waals surface area contributed by atoms with Gasteiger partial charge in [-0.2, -0.15) is 0 Å². The number of rotatable bonds is 7. The first-order chi connectivity index (χ1) is 30.1. The smallest absolute Gasteiger partial charge is 0.164 e. The molecule has 0 spiro atoms. The topological polar surface area (TPSA) is 77.3 Å². The van der Waals surface area contributed by atoms with Crippen molar-refractivity contribution in [2.75, 3.05) is 0 Å². The predicted octanol–water partition coefficient (Wildman–Crippen LogP) is 13.5. The monoisotopic (exact) mass is 780 g/mol.